The number of benzene rings is 1. The zero-order valence-electron chi connectivity index (χ0n) is 10.4. The summed E-state index contributed by atoms with van der Waals surface area (Å²) in [5.74, 6) is 0.631. The van der Waals surface area contributed by atoms with Crippen LogP contribution in [0, 0.1) is 5.92 Å². The summed E-state index contributed by atoms with van der Waals surface area (Å²) in [4.78, 5) is 0.293. The monoisotopic (exact) mass is 287 g/mol. The van der Waals surface area contributed by atoms with Crippen LogP contribution in [-0.2, 0) is 9.84 Å². The van der Waals surface area contributed by atoms with E-state index in [4.69, 9.17) is 17.3 Å². The van der Waals surface area contributed by atoms with Gasteiger partial charge in [-0.1, -0.05) is 18.5 Å². The second-order valence-electron chi connectivity index (χ2n) is 5.11. The molecule has 0 amide bonds. The molecule has 0 spiro atoms. The third kappa shape index (κ3) is 2.64. The van der Waals surface area contributed by atoms with Crippen molar-refractivity contribution in [2.24, 2.45) is 5.92 Å². The molecule has 1 aromatic carbocycles. The Hall–Kier alpha value is -0.740. The van der Waals surface area contributed by atoms with Gasteiger partial charge in [0.05, 0.1) is 20.9 Å². The number of halogens is 1. The highest BCUT2D eigenvalue weighted by Gasteiger charge is 2.31. The highest BCUT2D eigenvalue weighted by atomic mass is 35.5. The quantitative estimate of drug-likeness (QED) is 0.849. The van der Waals surface area contributed by atoms with Gasteiger partial charge in [0, 0.05) is 0 Å². The number of rotatable bonds is 2. The first kappa shape index (κ1) is 13.7. The van der Waals surface area contributed by atoms with Gasteiger partial charge in [0.1, 0.15) is 0 Å². The summed E-state index contributed by atoms with van der Waals surface area (Å²) in [5.41, 5.74) is 6.01. The van der Waals surface area contributed by atoms with E-state index in [0.29, 0.717) is 21.5 Å². The lowest BCUT2D eigenvalue weighted by Gasteiger charge is -2.26. The lowest BCUT2D eigenvalue weighted by Crippen LogP contribution is -2.26. The molecule has 100 valence electrons. The Morgan fingerprint density at radius 2 is 1.83 bits per heavy atom. The van der Waals surface area contributed by atoms with Crippen molar-refractivity contribution in [1.29, 1.82) is 0 Å². The minimum atomic E-state index is -3.26. The Labute approximate surface area is 113 Å². The summed E-state index contributed by atoms with van der Waals surface area (Å²) in [6.07, 6.45) is 3.44. The van der Waals surface area contributed by atoms with Gasteiger partial charge < -0.3 is 5.73 Å². The largest absolute Gasteiger partial charge is 0.398 e. The molecule has 0 bridgehead atoms. The average Bonchev–Trinajstić information content (AvgIpc) is 2.33. The molecule has 1 saturated carbocycles. The Morgan fingerprint density at radius 1 is 1.22 bits per heavy atom. The average molecular weight is 288 g/mol. The fraction of sp³-hybridized carbons (Fsp3) is 0.538. The molecule has 1 fully saturated rings. The molecule has 1 aliphatic carbocycles. The van der Waals surface area contributed by atoms with Crippen LogP contribution in [0.5, 0.6) is 0 Å². The SMILES string of the molecule is CC1CCC(S(=O)(=O)c2ccc(N)c(Cl)c2)CC1. The first-order chi connectivity index (χ1) is 8.41. The Kier molecular flexibility index (Phi) is 3.87. The second kappa shape index (κ2) is 5.10. The predicted molar refractivity (Wildman–Crippen MR) is 74.5 cm³/mol. The topological polar surface area (TPSA) is 60.2 Å². The van der Waals surface area contributed by atoms with Crippen LogP contribution in [0.1, 0.15) is 32.6 Å². The number of nitrogen functional groups attached to an aromatic ring is 1. The van der Waals surface area contributed by atoms with E-state index >= 15 is 0 Å². The van der Waals surface area contributed by atoms with E-state index in [1.54, 1.807) is 12.1 Å². The number of hydrogen-bond donors (Lipinski definition) is 1. The minimum Gasteiger partial charge on any atom is -0.398 e. The molecule has 18 heavy (non-hydrogen) atoms. The van der Waals surface area contributed by atoms with E-state index in [2.05, 4.69) is 6.92 Å². The first-order valence-electron chi connectivity index (χ1n) is 6.20. The van der Waals surface area contributed by atoms with Crippen molar-refractivity contribution in [2.75, 3.05) is 5.73 Å². The Bertz CT molecular complexity index is 534. The molecule has 2 N–H and O–H groups in total. The van der Waals surface area contributed by atoms with Crippen molar-refractivity contribution in [3.63, 3.8) is 0 Å². The first-order valence-corrected chi connectivity index (χ1v) is 8.12. The van der Waals surface area contributed by atoms with Gasteiger partial charge in [0.25, 0.3) is 0 Å². The molecule has 1 aromatic rings. The Balaban J connectivity index is 2.27. The van der Waals surface area contributed by atoms with Crippen molar-refractivity contribution in [3.8, 4) is 0 Å². The fourth-order valence-corrected chi connectivity index (χ4v) is 4.48. The van der Waals surface area contributed by atoms with Crippen LogP contribution < -0.4 is 5.73 Å². The standard InChI is InChI=1S/C13H18ClNO2S/c1-9-2-4-10(5-3-9)18(16,17)11-6-7-13(15)12(14)8-11/h6-10H,2-5,15H2,1H3. The zero-order chi connectivity index (χ0) is 13.3. The van der Waals surface area contributed by atoms with E-state index in [1.165, 1.54) is 6.07 Å². The molecule has 0 saturated heterocycles. The van der Waals surface area contributed by atoms with Gasteiger partial charge in [-0.2, -0.15) is 0 Å². The number of nitrogens with two attached hydrogens (primary N) is 1. The van der Waals surface area contributed by atoms with Crippen LogP contribution in [0.2, 0.25) is 5.02 Å². The second-order valence-corrected chi connectivity index (χ2v) is 7.75. The number of sulfone groups is 1. The molecular formula is C13H18ClNO2S. The van der Waals surface area contributed by atoms with Gasteiger partial charge in [-0.3, -0.25) is 0 Å². The third-order valence-electron chi connectivity index (χ3n) is 3.70. The van der Waals surface area contributed by atoms with Gasteiger partial charge in [-0.05, 0) is 49.8 Å². The normalized spacial score (nSPS) is 25.0. The fourth-order valence-electron chi connectivity index (χ4n) is 2.42. The van der Waals surface area contributed by atoms with Gasteiger partial charge >= 0.3 is 0 Å². The molecule has 0 radical (unpaired) electrons. The highest BCUT2D eigenvalue weighted by molar-refractivity contribution is 7.92. The molecule has 2 rings (SSSR count). The predicted octanol–water partition coefficient (Wildman–Crippen LogP) is 3.27. The molecule has 0 unspecified atom stereocenters. The summed E-state index contributed by atoms with van der Waals surface area (Å²) in [5, 5.41) is 0.0358. The summed E-state index contributed by atoms with van der Waals surface area (Å²) in [6, 6.07) is 4.57. The molecule has 0 aliphatic heterocycles. The zero-order valence-corrected chi connectivity index (χ0v) is 12.0. The maximum Gasteiger partial charge on any atom is 0.181 e. The summed E-state index contributed by atoms with van der Waals surface area (Å²) in [6.45, 7) is 2.17. The van der Waals surface area contributed by atoms with E-state index in [-0.39, 0.29) is 5.25 Å². The number of anilines is 1. The van der Waals surface area contributed by atoms with Gasteiger partial charge in [0.2, 0.25) is 0 Å². The van der Waals surface area contributed by atoms with Gasteiger partial charge in [-0.15, -0.1) is 0 Å². The highest BCUT2D eigenvalue weighted by Crippen LogP contribution is 2.33. The minimum absolute atomic E-state index is 0.270. The molecule has 0 atom stereocenters. The lowest BCUT2D eigenvalue weighted by molar-refractivity contribution is 0.382. The van der Waals surface area contributed by atoms with Crippen LogP contribution in [-0.4, -0.2) is 13.7 Å². The van der Waals surface area contributed by atoms with Crippen molar-refractivity contribution in [3.05, 3.63) is 23.2 Å². The van der Waals surface area contributed by atoms with Crippen LogP contribution in [0.3, 0.4) is 0 Å². The van der Waals surface area contributed by atoms with Crippen molar-refractivity contribution >= 4 is 27.1 Å². The van der Waals surface area contributed by atoms with Crippen LogP contribution >= 0.6 is 11.6 Å². The lowest BCUT2D eigenvalue weighted by atomic mass is 9.91. The van der Waals surface area contributed by atoms with Crippen LogP contribution in [0.4, 0.5) is 5.69 Å². The molecule has 1 aliphatic rings. The van der Waals surface area contributed by atoms with Crippen molar-refractivity contribution < 1.29 is 8.42 Å². The molecule has 5 heteroatoms. The van der Waals surface area contributed by atoms with E-state index in [1.807, 2.05) is 0 Å². The van der Waals surface area contributed by atoms with Crippen LogP contribution in [0.15, 0.2) is 23.1 Å². The van der Waals surface area contributed by atoms with Gasteiger partial charge in [-0.25, -0.2) is 8.42 Å². The van der Waals surface area contributed by atoms with E-state index < -0.39 is 9.84 Å². The van der Waals surface area contributed by atoms with Crippen LogP contribution in [0.25, 0.3) is 0 Å². The summed E-state index contributed by atoms with van der Waals surface area (Å²) in [7, 11) is -3.26. The summed E-state index contributed by atoms with van der Waals surface area (Å²) < 4.78 is 24.9. The maximum absolute atomic E-state index is 12.5. The smallest absolute Gasteiger partial charge is 0.181 e. The molecule has 0 aromatic heterocycles. The number of hydrogen-bond acceptors (Lipinski definition) is 3. The summed E-state index contributed by atoms with van der Waals surface area (Å²) >= 11 is 5.89. The van der Waals surface area contributed by atoms with Gasteiger partial charge in [0.15, 0.2) is 9.84 Å². The van der Waals surface area contributed by atoms with Crippen molar-refractivity contribution in [1.82, 2.24) is 0 Å². The molecular weight excluding hydrogens is 270 g/mol. The third-order valence-corrected chi connectivity index (χ3v) is 6.29. The molecule has 0 heterocycles. The Morgan fingerprint density at radius 3 is 2.39 bits per heavy atom. The van der Waals surface area contributed by atoms with E-state index in [9.17, 15) is 8.42 Å². The maximum atomic E-state index is 12.5. The van der Waals surface area contributed by atoms with Crippen molar-refractivity contribution in [2.45, 2.75) is 42.8 Å². The van der Waals surface area contributed by atoms with E-state index in [0.717, 1.165) is 25.7 Å². The molecule has 3 nitrogen and oxygen atoms in total.